The zero-order valence-electron chi connectivity index (χ0n) is 22.2. The molecule has 0 radical (unpaired) electrons. The summed E-state index contributed by atoms with van der Waals surface area (Å²) in [4.78, 5) is 44.5. The Balaban J connectivity index is 1.98. The van der Waals surface area contributed by atoms with Crippen LogP contribution in [0.25, 0.3) is 26.5 Å². The summed E-state index contributed by atoms with van der Waals surface area (Å²) in [5.74, 6) is -2.25. The van der Waals surface area contributed by atoms with E-state index in [9.17, 15) is 23.2 Å². The van der Waals surface area contributed by atoms with Crippen LogP contribution in [0.4, 0.5) is 19.3 Å². The molecule has 2 aromatic carbocycles. The SMILES string of the molecule is CONC(=O)Nc1ccc(-c2sc3c(c2CCl)c(=O)n(/C(N)=C/C=C(\N)OC)c(=O)n3Cc2c(F)cccc2F)cc1. The van der Waals surface area contributed by atoms with Gasteiger partial charge in [0.2, 0.25) is 0 Å². The highest BCUT2D eigenvalue weighted by Gasteiger charge is 2.24. The lowest BCUT2D eigenvalue weighted by Crippen LogP contribution is -2.41. The number of allylic oxidation sites excluding steroid dienone is 2. The molecule has 220 valence electrons. The number of nitrogens with one attached hydrogen (secondary N) is 2. The monoisotopic (exact) mass is 618 g/mol. The van der Waals surface area contributed by atoms with Crippen LogP contribution in [-0.2, 0) is 22.0 Å². The highest BCUT2D eigenvalue weighted by atomic mass is 35.5. The van der Waals surface area contributed by atoms with Crippen LogP contribution < -0.4 is 33.5 Å². The minimum absolute atomic E-state index is 0.0438. The average Bonchev–Trinajstić information content (AvgIpc) is 3.35. The van der Waals surface area contributed by atoms with Crippen molar-refractivity contribution in [1.82, 2.24) is 14.6 Å². The Hall–Kier alpha value is -4.66. The molecule has 0 bridgehead atoms. The molecule has 2 amide bonds. The third kappa shape index (κ3) is 6.00. The first-order valence-electron chi connectivity index (χ1n) is 12.1. The topological polar surface area (TPSA) is 156 Å². The van der Waals surface area contributed by atoms with E-state index in [4.69, 9.17) is 27.8 Å². The highest BCUT2D eigenvalue weighted by Crippen LogP contribution is 2.38. The number of hydroxylamine groups is 1. The van der Waals surface area contributed by atoms with Crippen molar-refractivity contribution in [1.29, 1.82) is 0 Å². The van der Waals surface area contributed by atoms with Crippen molar-refractivity contribution in [2.24, 2.45) is 11.5 Å². The molecular weight excluding hydrogens is 594 g/mol. The lowest BCUT2D eigenvalue weighted by molar-refractivity contribution is 0.114. The number of urea groups is 1. The predicted molar refractivity (Wildman–Crippen MR) is 158 cm³/mol. The number of anilines is 1. The van der Waals surface area contributed by atoms with E-state index in [1.54, 1.807) is 24.3 Å². The number of fused-ring (bicyclic) bond motifs is 1. The maximum Gasteiger partial charge on any atom is 0.343 e. The number of ether oxygens (including phenoxy) is 1. The number of halogens is 3. The summed E-state index contributed by atoms with van der Waals surface area (Å²) in [6, 6.07) is 9.31. The van der Waals surface area contributed by atoms with Crippen molar-refractivity contribution < 1.29 is 23.1 Å². The molecule has 0 unspecified atom stereocenters. The summed E-state index contributed by atoms with van der Waals surface area (Å²) < 4.78 is 36.0. The Morgan fingerprint density at radius 2 is 1.71 bits per heavy atom. The minimum atomic E-state index is -0.939. The maximum atomic E-state index is 14.7. The number of nitrogens with two attached hydrogens (primary N) is 2. The van der Waals surface area contributed by atoms with Crippen LogP contribution in [0, 0.1) is 11.6 Å². The molecule has 0 saturated heterocycles. The molecule has 2 heterocycles. The number of nitrogens with zero attached hydrogens (tertiary/aromatic N) is 2. The molecule has 11 nitrogen and oxygen atoms in total. The number of benzene rings is 2. The van der Waals surface area contributed by atoms with Gasteiger partial charge in [0.25, 0.3) is 5.56 Å². The number of rotatable bonds is 9. The van der Waals surface area contributed by atoms with E-state index in [1.165, 1.54) is 32.4 Å². The molecule has 0 aliphatic heterocycles. The van der Waals surface area contributed by atoms with E-state index in [0.29, 0.717) is 26.3 Å². The number of methoxy groups -OCH3 is 1. The number of thiophene rings is 1. The second kappa shape index (κ2) is 12.9. The van der Waals surface area contributed by atoms with Crippen LogP contribution in [0.5, 0.6) is 0 Å². The summed E-state index contributed by atoms with van der Waals surface area (Å²) >= 11 is 7.39. The smallest absolute Gasteiger partial charge is 0.343 e. The van der Waals surface area contributed by atoms with Crippen LogP contribution in [0.2, 0.25) is 0 Å². The van der Waals surface area contributed by atoms with Gasteiger partial charge in [-0.1, -0.05) is 18.2 Å². The molecular formula is C27H25ClF2N6O5S. The van der Waals surface area contributed by atoms with Gasteiger partial charge in [0.1, 0.15) is 22.3 Å². The van der Waals surface area contributed by atoms with E-state index >= 15 is 0 Å². The normalized spacial score (nSPS) is 12.0. The predicted octanol–water partition coefficient (Wildman–Crippen LogP) is 3.84. The summed E-state index contributed by atoms with van der Waals surface area (Å²) in [6.07, 6.45) is 2.44. The van der Waals surface area contributed by atoms with Gasteiger partial charge in [0, 0.05) is 33.6 Å². The van der Waals surface area contributed by atoms with Gasteiger partial charge in [-0.05, 0) is 35.9 Å². The highest BCUT2D eigenvalue weighted by molar-refractivity contribution is 7.22. The fraction of sp³-hybridized carbons (Fsp3) is 0.148. The van der Waals surface area contributed by atoms with Crippen molar-refractivity contribution >= 4 is 50.7 Å². The lowest BCUT2D eigenvalue weighted by Gasteiger charge is -2.13. The Labute approximate surface area is 246 Å². The Kier molecular flexibility index (Phi) is 9.30. The number of alkyl halides is 1. The summed E-state index contributed by atoms with van der Waals surface area (Å²) in [5.41, 5.74) is 13.2. The number of carbonyl (C=O) groups is 1. The molecule has 0 spiro atoms. The molecule has 4 rings (SSSR count). The van der Waals surface area contributed by atoms with Gasteiger partial charge < -0.3 is 21.5 Å². The standard InChI is InChI=1S/C27H25ClF2N6O5S/c1-40-21(32)11-10-20(31)36-24(37)22-16(12-28)23(14-6-8-15(9-7-14)33-26(38)34-41-2)42-25(22)35(27(36)39)13-17-18(29)4-3-5-19(17)30/h3-11H,12-13,31-32H2,1-2H3,(H2,33,34,38)/b20-10+,21-11+. The van der Waals surface area contributed by atoms with Crippen LogP contribution in [0.3, 0.4) is 0 Å². The van der Waals surface area contributed by atoms with Gasteiger partial charge in [-0.2, -0.15) is 0 Å². The van der Waals surface area contributed by atoms with E-state index in [-0.39, 0.29) is 33.4 Å². The van der Waals surface area contributed by atoms with E-state index < -0.39 is 35.5 Å². The first kappa shape index (κ1) is 30.3. The van der Waals surface area contributed by atoms with E-state index in [1.807, 2.05) is 0 Å². The number of amides is 2. The average molecular weight is 619 g/mol. The van der Waals surface area contributed by atoms with Gasteiger partial charge in [-0.15, -0.1) is 22.9 Å². The van der Waals surface area contributed by atoms with Crippen molar-refractivity contribution in [3.63, 3.8) is 0 Å². The van der Waals surface area contributed by atoms with Crippen molar-refractivity contribution in [2.75, 3.05) is 19.5 Å². The molecule has 42 heavy (non-hydrogen) atoms. The Morgan fingerprint density at radius 1 is 1.05 bits per heavy atom. The second-order valence-corrected chi connectivity index (χ2v) is 9.90. The fourth-order valence-electron chi connectivity index (χ4n) is 4.10. The zero-order chi connectivity index (χ0) is 30.6. The lowest BCUT2D eigenvalue weighted by atomic mass is 10.1. The molecule has 4 aromatic rings. The molecule has 0 aliphatic rings. The first-order chi connectivity index (χ1) is 20.1. The zero-order valence-corrected chi connectivity index (χ0v) is 23.8. The molecule has 6 N–H and O–H groups in total. The van der Waals surface area contributed by atoms with E-state index in [0.717, 1.165) is 28.0 Å². The Morgan fingerprint density at radius 3 is 2.31 bits per heavy atom. The maximum absolute atomic E-state index is 14.7. The van der Waals surface area contributed by atoms with Crippen LogP contribution in [-0.4, -0.2) is 29.4 Å². The van der Waals surface area contributed by atoms with Crippen LogP contribution in [0.15, 0.2) is 70.1 Å². The molecule has 2 aromatic heterocycles. The molecule has 0 saturated carbocycles. The molecule has 0 fully saturated rings. The summed E-state index contributed by atoms with van der Waals surface area (Å²) in [6.45, 7) is -0.545. The van der Waals surface area contributed by atoms with Crippen LogP contribution >= 0.6 is 22.9 Å². The Bertz CT molecular complexity index is 1810. The third-order valence-corrected chi connectivity index (χ3v) is 7.67. The molecule has 0 atom stereocenters. The van der Waals surface area contributed by atoms with Gasteiger partial charge in [0.15, 0.2) is 5.88 Å². The van der Waals surface area contributed by atoms with Crippen molar-refractivity contribution in [3.8, 4) is 10.4 Å². The van der Waals surface area contributed by atoms with Gasteiger partial charge in [0.05, 0.1) is 26.2 Å². The summed E-state index contributed by atoms with van der Waals surface area (Å²) in [5, 5.41) is 2.62. The first-order valence-corrected chi connectivity index (χ1v) is 13.4. The van der Waals surface area contributed by atoms with Gasteiger partial charge >= 0.3 is 11.7 Å². The molecule has 0 aliphatic carbocycles. The van der Waals surface area contributed by atoms with Gasteiger partial charge in [-0.25, -0.2) is 28.4 Å². The summed E-state index contributed by atoms with van der Waals surface area (Å²) in [7, 11) is 2.61. The van der Waals surface area contributed by atoms with Gasteiger partial charge in [-0.3, -0.25) is 14.2 Å². The van der Waals surface area contributed by atoms with Crippen molar-refractivity contribution in [3.05, 3.63) is 104 Å². The number of hydrogen-bond donors (Lipinski definition) is 4. The minimum Gasteiger partial charge on any atom is -0.483 e. The van der Waals surface area contributed by atoms with Crippen LogP contribution in [0.1, 0.15) is 11.1 Å². The van der Waals surface area contributed by atoms with E-state index in [2.05, 4.69) is 15.6 Å². The second-order valence-electron chi connectivity index (χ2n) is 8.64. The quantitative estimate of drug-likeness (QED) is 0.0961. The third-order valence-electron chi connectivity index (χ3n) is 6.10. The largest absolute Gasteiger partial charge is 0.483 e. The number of aromatic nitrogens is 2. The number of hydrogen-bond acceptors (Lipinski definition) is 8. The number of carbonyl (C=O) groups excluding carboxylic acids is 1. The fourth-order valence-corrected chi connectivity index (χ4v) is 5.76. The van der Waals surface area contributed by atoms with Crippen molar-refractivity contribution in [2.45, 2.75) is 12.4 Å². The molecule has 15 heteroatoms.